The zero-order valence-corrected chi connectivity index (χ0v) is 36.3. The van der Waals surface area contributed by atoms with Crippen LogP contribution in [0.2, 0.25) is 0 Å². The number of hydrogen-bond acceptors (Lipinski definition) is 5. The van der Waals surface area contributed by atoms with Crippen LogP contribution in [-0.2, 0) is 19.1 Å². The molecule has 0 atom stereocenters. The summed E-state index contributed by atoms with van der Waals surface area (Å²) in [6, 6.07) is 0. The highest BCUT2D eigenvalue weighted by Gasteiger charge is 2.15. The van der Waals surface area contributed by atoms with Crippen LogP contribution in [0.1, 0.15) is 171 Å². The average molecular weight is 845 g/mol. The van der Waals surface area contributed by atoms with Crippen molar-refractivity contribution in [1.82, 2.24) is 4.90 Å². The number of carbonyl (C=O) groups is 2. The fourth-order valence-electron chi connectivity index (χ4n) is 4.67. The summed E-state index contributed by atoms with van der Waals surface area (Å²) in [5.41, 5.74) is 0.925. The molecule has 0 aromatic heterocycles. The van der Waals surface area contributed by atoms with E-state index >= 15 is 0 Å². The van der Waals surface area contributed by atoms with Gasteiger partial charge in [0.2, 0.25) is 0 Å². The van der Waals surface area contributed by atoms with Crippen molar-refractivity contribution in [3.05, 3.63) is 24.3 Å². The summed E-state index contributed by atoms with van der Waals surface area (Å²) in [7, 11) is 8.27. The Balaban J connectivity index is -0.000000154. The molecule has 0 radical (unpaired) electrons. The van der Waals surface area contributed by atoms with Crippen LogP contribution >= 0.6 is 15.9 Å². The Morgan fingerprint density at radius 3 is 1.22 bits per heavy atom. The van der Waals surface area contributed by atoms with E-state index in [2.05, 4.69) is 57.0 Å². The second kappa shape index (κ2) is 46.3. The van der Waals surface area contributed by atoms with Gasteiger partial charge in [0.15, 0.2) is 0 Å². The summed E-state index contributed by atoms with van der Waals surface area (Å²) < 4.78 is 10.9. The van der Waals surface area contributed by atoms with Gasteiger partial charge in [-0.3, -0.25) is 0 Å². The van der Waals surface area contributed by atoms with Gasteiger partial charge in [0.25, 0.3) is 0 Å². The predicted molar refractivity (Wildman–Crippen MR) is 223 cm³/mol. The second-order valence-electron chi connectivity index (χ2n) is 14.1. The number of unbranched alkanes of at least 4 members (excludes halogenated alkanes) is 18. The van der Waals surface area contributed by atoms with Crippen LogP contribution in [0.5, 0.6) is 0 Å². The van der Waals surface area contributed by atoms with Gasteiger partial charge in [-0.1, -0.05) is 167 Å². The maximum atomic E-state index is 11.3. The number of halogens is 2. The lowest BCUT2D eigenvalue weighted by molar-refractivity contribution is -0.890. The molecule has 0 fully saturated rings. The molecule has 304 valence electrons. The first-order chi connectivity index (χ1) is 22.3. The normalized spacial score (nSPS) is 10.2. The largest absolute Gasteiger partial charge is 1.00 e. The molecular weight excluding hydrogens is 756 g/mol. The van der Waals surface area contributed by atoms with Crippen molar-refractivity contribution in [3.8, 4) is 0 Å². The molecule has 0 amide bonds. The van der Waals surface area contributed by atoms with Crippen LogP contribution < -0.4 is 17.0 Å². The van der Waals surface area contributed by atoms with E-state index in [1.165, 1.54) is 134 Å². The summed E-state index contributed by atoms with van der Waals surface area (Å²) in [5.74, 6) is -0.587. The minimum atomic E-state index is -0.313. The zero-order chi connectivity index (χ0) is 36.2. The van der Waals surface area contributed by atoms with Crippen LogP contribution in [0.15, 0.2) is 24.3 Å². The maximum absolute atomic E-state index is 11.3. The van der Waals surface area contributed by atoms with Crippen molar-refractivity contribution >= 4 is 27.9 Å². The molecule has 0 aromatic carbocycles. The third-order valence-corrected chi connectivity index (χ3v) is 8.56. The van der Waals surface area contributed by atoms with Gasteiger partial charge in [-0.15, -0.1) is 0 Å². The van der Waals surface area contributed by atoms with Gasteiger partial charge < -0.3 is 35.8 Å². The van der Waals surface area contributed by atoms with Gasteiger partial charge in [0.05, 0.1) is 20.6 Å². The Morgan fingerprint density at radius 2 is 0.900 bits per heavy atom. The number of carbonyl (C=O) groups excluding carboxylic acids is 2. The smallest absolute Gasteiger partial charge is 0.333 e. The van der Waals surface area contributed by atoms with Gasteiger partial charge in [-0.2, -0.15) is 0 Å². The molecule has 0 aliphatic carbocycles. The molecular formula is C42H88Br2N2O4. The molecule has 0 rings (SSSR count). The number of nitrogens with zero attached hydrogens (tertiary/aromatic N) is 2. The van der Waals surface area contributed by atoms with E-state index in [4.69, 9.17) is 9.47 Å². The number of quaternary nitrogens is 1. The lowest BCUT2D eigenvalue weighted by atomic mass is 10.1. The van der Waals surface area contributed by atoms with E-state index in [9.17, 15) is 9.59 Å². The number of likely N-dealkylation sites (N-methyl/N-ethyl adjacent to an activating group) is 2. The minimum absolute atomic E-state index is 0. The standard InChI is InChI=1S/C20H40NO2.C12H25Br.C8H15NO2.2CH4.BrH/c1-6-7-8-9-10-11-12-13-14-15-16-21(4,5)17-18-23-20(22)19(2)3;1-2-3-4-5-6-7-8-9-10-11-12-13;1-7(2)8(10)11-6-5-9(3)4;;;/h2,6-18H2,1,3-5H3;2-12H2,1H3;1,5-6H2,2-4H3;2*1H4;1H/q+1;;;;;/p-1. The predicted octanol–water partition coefficient (Wildman–Crippen LogP) is 9.35. The first kappa shape index (κ1) is 61.3. The molecule has 6 nitrogen and oxygen atoms in total. The van der Waals surface area contributed by atoms with Crippen LogP contribution in [-0.4, -0.2) is 87.7 Å². The average Bonchev–Trinajstić information content (AvgIpc) is 3.01. The van der Waals surface area contributed by atoms with Crippen LogP contribution in [0.3, 0.4) is 0 Å². The molecule has 0 spiro atoms. The Morgan fingerprint density at radius 1 is 0.580 bits per heavy atom. The van der Waals surface area contributed by atoms with Gasteiger partial charge in [0, 0.05) is 23.0 Å². The molecule has 0 aromatic rings. The molecule has 0 N–H and O–H groups in total. The van der Waals surface area contributed by atoms with Gasteiger partial charge in [-0.25, -0.2) is 9.59 Å². The molecule has 50 heavy (non-hydrogen) atoms. The van der Waals surface area contributed by atoms with Crippen molar-refractivity contribution in [2.75, 3.05) is 66.4 Å². The molecule has 0 saturated carbocycles. The lowest BCUT2D eigenvalue weighted by Crippen LogP contribution is -3.00. The first-order valence-corrected chi connectivity index (χ1v) is 20.1. The monoisotopic (exact) mass is 843 g/mol. The summed E-state index contributed by atoms with van der Waals surface area (Å²) in [5, 5.41) is 1.18. The summed E-state index contributed by atoms with van der Waals surface area (Å²) >= 11 is 3.46. The van der Waals surface area contributed by atoms with E-state index in [0.29, 0.717) is 24.4 Å². The van der Waals surface area contributed by atoms with Crippen molar-refractivity contribution in [3.63, 3.8) is 0 Å². The maximum Gasteiger partial charge on any atom is 0.333 e. The molecule has 0 heterocycles. The number of rotatable bonds is 29. The Hall–Kier alpha value is -0.700. The molecule has 0 unspecified atom stereocenters. The molecule has 8 heteroatoms. The Labute approximate surface area is 333 Å². The van der Waals surface area contributed by atoms with Crippen LogP contribution in [0.4, 0.5) is 0 Å². The number of hydrogen-bond donors (Lipinski definition) is 0. The highest BCUT2D eigenvalue weighted by molar-refractivity contribution is 9.09. The minimum Gasteiger partial charge on any atom is -1.00 e. The lowest BCUT2D eigenvalue weighted by Gasteiger charge is -2.29. The first-order valence-electron chi connectivity index (χ1n) is 19.0. The van der Waals surface area contributed by atoms with E-state index in [-0.39, 0.29) is 43.8 Å². The van der Waals surface area contributed by atoms with Gasteiger partial charge in [-0.05, 0) is 47.2 Å². The Bertz CT molecular complexity index is 735. The number of alkyl halides is 1. The van der Waals surface area contributed by atoms with Crippen molar-refractivity contribution in [2.45, 2.75) is 171 Å². The SMILES string of the molecule is C.C.C=C(C)C(=O)OCCN(C)C.C=C(C)C(=O)OCC[N+](C)(C)CCCCCCCCCCCC.CCCCCCCCCCCCBr.[Br-]. The summed E-state index contributed by atoms with van der Waals surface area (Å²) in [6.07, 6.45) is 28.0. The number of esters is 2. The van der Waals surface area contributed by atoms with Gasteiger partial charge >= 0.3 is 11.9 Å². The van der Waals surface area contributed by atoms with E-state index < -0.39 is 0 Å². The summed E-state index contributed by atoms with van der Waals surface area (Å²) in [4.78, 5) is 24.1. The molecule has 0 aliphatic rings. The fourth-order valence-corrected chi connectivity index (χ4v) is 5.07. The zero-order valence-electron chi connectivity index (χ0n) is 33.1. The van der Waals surface area contributed by atoms with Crippen LogP contribution in [0, 0.1) is 0 Å². The van der Waals surface area contributed by atoms with E-state index in [0.717, 1.165) is 24.1 Å². The number of ether oxygens (including phenoxy) is 2. The molecule has 0 saturated heterocycles. The molecule has 0 bridgehead atoms. The summed E-state index contributed by atoms with van der Waals surface area (Å²) in [6.45, 7) is 18.6. The highest BCUT2D eigenvalue weighted by Crippen LogP contribution is 2.12. The van der Waals surface area contributed by atoms with Crippen molar-refractivity contribution < 1.29 is 40.5 Å². The highest BCUT2D eigenvalue weighted by atomic mass is 79.9. The second-order valence-corrected chi connectivity index (χ2v) is 14.9. The topological polar surface area (TPSA) is 55.8 Å². The van der Waals surface area contributed by atoms with Crippen LogP contribution in [0.25, 0.3) is 0 Å². The third kappa shape index (κ3) is 54.1. The van der Waals surface area contributed by atoms with E-state index in [1.807, 2.05) is 19.0 Å². The molecule has 0 aliphatic heterocycles. The quantitative estimate of drug-likeness (QED) is 0.0247. The van der Waals surface area contributed by atoms with E-state index in [1.54, 1.807) is 13.8 Å². The van der Waals surface area contributed by atoms with Gasteiger partial charge in [0.1, 0.15) is 19.8 Å². The Kier molecular flexibility index (Phi) is 56.8. The third-order valence-electron chi connectivity index (χ3n) is 8.00. The van der Waals surface area contributed by atoms with Crippen molar-refractivity contribution in [1.29, 1.82) is 0 Å². The fraction of sp³-hybridized carbons (Fsp3) is 0.857. The van der Waals surface area contributed by atoms with Crippen molar-refractivity contribution in [2.24, 2.45) is 0 Å².